The van der Waals surface area contributed by atoms with Crippen molar-refractivity contribution in [2.24, 2.45) is 0 Å². The van der Waals surface area contributed by atoms with Crippen molar-refractivity contribution in [3.8, 4) is 0 Å². The van der Waals surface area contributed by atoms with Crippen molar-refractivity contribution in [2.75, 3.05) is 26.2 Å². The number of hydrogen-bond donors (Lipinski definition) is 1. The van der Waals surface area contributed by atoms with Gasteiger partial charge in [-0.2, -0.15) is 0 Å². The second kappa shape index (κ2) is 7.37. The highest BCUT2D eigenvalue weighted by Gasteiger charge is 2.20. The van der Waals surface area contributed by atoms with Gasteiger partial charge in [-0.15, -0.1) is 11.3 Å². The summed E-state index contributed by atoms with van der Waals surface area (Å²) in [6.07, 6.45) is 0. The number of nitrogens with one attached hydrogen (secondary N) is 1. The molecule has 0 aliphatic carbocycles. The lowest BCUT2D eigenvalue weighted by atomic mass is 10.2. The fourth-order valence-electron chi connectivity index (χ4n) is 3.87. The number of thiophene rings is 1. The molecule has 1 saturated heterocycles. The van der Waals surface area contributed by atoms with Gasteiger partial charge in [0.05, 0.1) is 18.5 Å². The maximum Gasteiger partial charge on any atom is 0.259 e. The highest BCUT2D eigenvalue weighted by molar-refractivity contribution is 7.18. The van der Waals surface area contributed by atoms with Gasteiger partial charge in [0.15, 0.2) is 5.58 Å². The molecule has 1 aromatic carbocycles. The maximum absolute atomic E-state index is 12.5. The zero-order valence-electron chi connectivity index (χ0n) is 16.6. The second-order valence-electron chi connectivity index (χ2n) is 7.60. The molecular weight excluding hydrogens is 386 g/mol. The van der Waals surface area contributed by atoms with Crippen molar-refractivity contribution >= 4 is 32.7 Å². The van der Waals surface area contributed by atoms with E-state index in [9.17, 15) is 4.79 Å². The lowest BCUT2D eigenvalue weighted by Crippen LogP contribution is -2.45. The van der Waals surface area contributed by atoms with E-state index in [2.05, 4.69) is 19.8 Å². The molecule has 8 heteroatoms. The van der Waals surface area contributed by atoms with Crippen LogP contribution in [0.4, 0.5) is 0 Å². The van der Waals surface area contributed by atoms with Crippen LogP contribution >= 0.6 is 11.3 Å². The largest absolute Gasteiger partial charge is 0.439 e. The zero-order valence-corrected chi connectivity index (χ0v) is 17.4. The molecule has 1 aliphatic heterocycles. The molecule has 0 atom stereocenters. The van der Waals surface area contributed by atoms with E-state index in [1.807, 2.05) is 38.1 Å². The molecule has 0 unspecified atom stereocenters. The van der Waals surface area contributed by atoms with Crippen LogP contribution in [0.25, 0.3) is 21.3 Å². The van der Waals surface area contributed by atoms with Gasteiger partial charge < -0.3 is 9.40 Å². The van der Waals surface area contributed by atoms with Crippen LogP contribution in [-0.4, -0.2) is 50.9 Å². The van der Waals surface area contributed by atoms with E-state index in [1.54, 1.807) is 11.3 Å². The zero-order chi connectivity index (χ0) is 20.0. The highest BCUT2D eigenvalue weighted by Crippen LogP contribution is 2.26. The van der Waals surface area contributed by atoms with E-state index in [1.165, 1.54) is 0 Å². The van der Waals surface area contributed by atoms with Gasteiger partial charge in [-0.25, -0.2) is 9.97 Å². The van der Waals surface area contributed by atoms with Crippen molar-refractivity contribution in [1.82, 2.24) is 24.8 Å². The van der Waals surface area contributed by atoms with Crippen LogP contribution < -0.4 is 5.56 Å². The summed E-state index contributed by atoms with van der Waals surface area (Å²) in [7, 11) is 0. The lowest BCUT2D eigenvalue weighted by molar-refractivity contribution is 0.113. The predicted molar refractivity (Wildman–Crippen MR) is 114 cm³/mol. The highest BCUT2D eigenvalue weighted by atomic mass is 32.1. The Morgan fingerprint density at radius 2 is 1.79 bits per heavy atom. The Balaban J connectivity index is 1.23. The SMILES string of the molecule is Cc1sc2nc(CN3CCN(Cc4nc5ccccc5o4)CC3)[nH]c(=O)c2c1C. The molecular formula is C21H23N5O2S. The molecule has 0 amide bonds. The first-order valence-electron chi connectivity index (χ1n) is 9.85. The van der Waals surface area contributed by atoms with Crippen LogP contribution in [0.1, 0.15) is 22.2 Å². The molecule has 29 heavy (non-hydrogen) atoms. The summed E-state index contributed by atoms with van der Waals surface area (Å²) >= 11 is 1.60. The number of benzene rings is 1. The molecule has 4 aromatic rings. The Labute approximate surface area is 172 Å². The number of aromatic nitrogens is 3. The molecule has 7 nitrogen and oxygen atoms in total. The van der Waals surface area contributed by atoms with Crippen LogP contribution in [0, 0.1) is 13.8 Å². The maximum atomic E-state index is 12.5. The van der Waals surface area contributed by atoms with Crippen molar-refractivity contribution in [1.29, 1.82) is 0 Å². The molecule has 1 fully saturated rings. The van der Waals surface area contributed by atoms with E-state index in [0.29, 0.717) is 6.54 Å². The molecule has 4 heterocycles. The van der Waals surface area contributed by atoms with Crippen LogP contribution in [0.3, 0.4) is 0 Å². The number of aromatic amines is 1. The summed E-state index contributed by atoms with van der Waals surface area (Å²) < 4.78 is 5.84. The number of piperazine rings is 1. The minimum absolute atomic E-state index is 0.0264. The minimum Gasteiger partial charge on any atom is -0.439 e. The summed E-state index contributed by atoms with van der Waals surface area (Å²) in [5, 5.41) is 0.736. The van der Waals surface area contributed by atoms with E-state index in [-0.39, 0.29) is 5.56 Å². The van der Waals surface area contributed by atoms with Crippen molar-refractivity contribution < 1.29 is 4.42 Å². The Morgan fingerprint density at radius 1 is 1.07 bits per heavy atom. The standard InChI is InChI=1S/C21H23N5O2S/c1-13-14(2)29-21-19(13)20(27)23-17(24-21)11-25-7-9-26(10-8-25)12-18-22-15-5-3-4-6-16(15)28-18/h3-6H,7-12H2,1-2H3,(H,23,24,27). The third kappa shape index (κ3) is 3.59. The quantitative estimate of drug-likeness (QED) is 0.558. The Bertz CT molecular complexity index is 1200. The molecule has 3 aromatic heterocycles. The average Bonchev–Trinajstić information content (AvgIpc) is 3.23. The molecule has 0 bridgehead atoms. The Kier molecular flexibility index (Phi) is 4.69. The first-order valence-corrected chi connectivity index (χ1v) is 10.7. The fraction of sp³-hybridized carbons (Fsp3) is 0.381. The number of hydrogen-bond acceptors (Lipinski definition) is 7. The van der Waals surface area contributed by atoms with Crippen LogP contribution in [0.15, 0.2) is 33.5 Å². The number of aryl methyl sites for hydroxylation is 2. The second-order valence-corrected chi connectivity index (χ2v) is 8.81. The van der Waals surface area contributed by atoms with Gasteiger partial charge in [0.2, 0.25) is 5.89 Å². The summed E-state index contributed by atoms with van der Waals surface area (Å²) in [6, 6.07) is 7.86. The first-order chi connectivity index (χ1) is 14.1. The van der Waals surface area contributed by atoms with E-state index < -0.39 is 0 Å². The van der Waals surface area contributed by atoms with Crippen LogP contribution in [0.2, 0.25) is 0 Å². The van der Waals surface area contributed by atoms with E-state index in [0.717, 1.165) is 76.2 Å². The molecule has 1 N–H and O–H groups in total. The number of oxazole rings is 1. The third-order valence-electron chi connectivity index (χ3n) is 5.62. The van der Waals surface area contributed by atoms with Gasteiger partial charge in [-0.05, 0) is 31.5 Å². The van der Waals surface area contributed by atoms with Crippen molar-refractivity contribution in [3.63, 3.8) is 0 Å². The van der Waals surface area contributed by atoms with Crippen molar-refractivity contribution in [3.05, 3.63) is 56.8 Å². The molecule has 0 spiro atoms. The van der Waals surface area contributed by atoms with Gasteiger partial charge in [0.25, 0.3) is 5.56 Å². The Morgan fingerprint density at radius 3 is 2.55 bits per heavy atom. The van der Waals surface area contributed by atoms with Gasteiger partial charge in [0, 0.05) is 31.1 Å². The van der Waals surface area contributed by atoms with E-state index in [4.69, 9.17) is 9.40 Å². The van der Waals surface area contributed by atoms with Gasteiger partial charge >= 0.3 is 0 Å². The average molecular weight is 410 g/mol. The number of nitrogens with zero attached hydrogens (tertiary/aromatic N) is 4. The number of fused-ring (bicyclic) bond motifs is 2. The van der Waals surface area contributed by atoms with Crippen LogP contribution in [-0.2, 0) is 13.1 Å². The van der Waals surface area contributed by atoms with Gasteiger partial charge in [0.1, 0.15) is 16.2 Å². The number of H-pyrrole nitrogens is 1. The van der Waals surface area contributed by atoms with Crippen molar-refractivity contribution in [2.45, 2.75) is 26.9 Å². The summed E-state index contributed by atoms with van der Waals surface area (Å²) in [5.74, 6) is 1.51. The number of para-hydroxylation sites is 2. The van der Waals surface area contributed by atoms with E-state index >= 15 is 0 Å². The topological polar surface area (TPSA) is 78.3 Å². The third-order valence-corrected chi connectivity index (χ3v) is 6.72. The Hall–Kier alpha value is -2.55. The normalized spacial score (nSPS) is 16.2. The first kappa shape index (κ1) is 18.5. The van der Waals surface area contributed by atoms with Gasteiger partial charge in [-0.3, -0.25) is 14.6 Å². The predicted octanol–water partition coefficient (Wildman–Crippen LogP) is 3.06. The molecule has 1 aliphatic rings. The molecule has 150 valence electrons. The fourth-order valence-corrected chi connectivity index (χ4v) is 4.92. The molecule has 0 radical (unpaired) electrons. The smallest absolute Gasteiger partial charge is 0.259 e. The minimum atomic E-state index is -0.0264. The molecule has 0 saturated carbocycles. The van der Waals surface area contributed by atoms with Crippen LogP contribution in [0.5, 0.6) is 0 Å². The monoisotopic (exact) mass is 409 g/mol. The summed E-state index contributed by atoms with van der Waals surface area (Å²) in [5.41, 5.74) is 2.76. The lowest BCUT2D eigenvalue weighted by Gasteiger charge is -2.33. The summed E-state index contributed by atoms with van der Waals surface area (Å²) in [4.78, 5) is 31.4. The molecule has 5 rings (SSSR count). The van der Waals surface area contributed by atoms with Gasteiger partial charge in [-0.1, -0.05) is 12.1 Å². The number of rotatable bonds is 4. The summed E-state index contributed by atoms with van der Waals surface area (Å²) in [6.45, 7) is 9.12.